The fraction of sp³-hybridized carbons (Fsp3) is 0.350. The quantitative estimate of drug-likeness (QED) is 0.447. The molecular formula is C20H23BrN8O. The number of carbonyl (C=O) groups is 1. The number of rotatable bonds is 5. The van der Waals surface area contributed by atoms with E-state index in [0.29, 0.717) is 17.9 Å². The molecule has 4 heterocycles. The van der Waals surface area contributed by atoms with Crippen LogP contribution in [-0.4, -0.2) is 52.0 Å². The first-order valence-corrected chi connectivity index (χ1v) is 10.4. The van der Waals surface area contributed by atoms with Gasteiger partial charge in [0, 0.05) is 56.9 Å². The second kappa shape index (κ2) is 7.67. The second-order valence-electron chi connectivity index (χ2n) is 7.25. The minimum atomic E-state index is -0.174. The zero-order chi connectivity index (χ0) is 21.6. The number of carbonyl (C=O) groups excluding carboxylic acids is 1. The summed E-state index contributed by atoms with van der Waals surface area (Å²) < 4.78 is 6.19. The zero-order valence-electron chi connectivity index (χ0n) is 17.6. The van der Waals surface area contributed by atoms with E-state index in [0.717, 1.165) is 39.4 Å². The predicted octanol–water partition coefficient (Wildman–Crippen LogP) is 3.00. The SMILES string of the molecule is CCn1cc(Br)c(-c2ccnc3cc(C(=O)N(C)Cc4c(C)nn(C)c4C)nn23)n1. The van der Waals surface area contributed by atoms with E-state index in [-0.39, 0.29) is 5.91 Å². The average molecular weight is 471 g/mol. The Morgan fingerprint density at radius 3 is 2.63 bits per heavy atom. The van der Waals surface area contributed by atoms with E-state index in [1.54, 1.807) is 28.7 Å². The molecule has 0 aliphatic carbocycles. The van der Waals surface area contributed by atoms with Crippen LogP contribution in [0.2, 0.25) is 0 Å². The van der Waals surface area contributed by atoms with Crippen molar-refractivity contribution in [2.45, 2.75) is 33.9 Å². The largest absolute Gasteiger partial charge is 0.336 e. The van der Waals surface area contributed by atoms with E-state index in [2.05, 4.69) is 36.2 Å². The molecule has 4 aromatic rings. The Morgan fingerprint density at radius 2 is 2.00 bits per heavy atom. The van der Waals surface area contributed by atoms with E-state index in [4.69, 9.17) is 0 Å². The first-order valence-electron chi connectivity index (χ1n) is 9.62. The third kappa shape index (κ3) is 3.41. The van der Waals surface area contributed by atoms with Crippen molar-refractivity contribution >= 4 is 27.5 Å². The van der Waals surface area contributed by atoms with Crippen molar-refractivity contribution in [1.82, 2.24) is 39.1 Å². The molecule has 0 aliphatic rings. The van der Waals surface area contributed by atoms with Gasteiger partial charge in [-0.1, -0.05) is 0 Å². The van der Waals surface area contributed by atoms with E-state index in [1.165, 1.54) is 0 Å². The highest BCUT2D eigenvalue weighted by Gasteiger charge is 2.21. The van der Waals surface area contributed by atoms with Gasteiger partial charge in [-0.2, -0.15) is 15.3 Å². The fourth-order valence-corrected chi connectivity index (χ4v) is 3.98. The van der Waals surface area contributed by atoms with E-state index in [1.807, 2.05) is 49.4 Å². The van der Waals surface area contributed by atoms with Crippen LogP contribution in [0.4, 0.5) is 0 Å². The molecule has 156 valence electrons. The van der Waals surface area contributed by atoms with Crippen LogP contribution in [0.5, 0.6) is 0 Å². The Hall–Kier alpha value is -3.01. The number of amides is 1. The minimum absolute atomic E-state index is 0.174. The molecule has 0 spiro atoms. The maximum atomic E-state index is 13.1. The number of fused-ring (bicyclic) bond motifs is 1. The molecule has 0 N–H and O–H groups in total. The monoisotopic (exact) mass is 470 g/mol. The Bertz CT molecular complexity index is 1250. The maximum absolute atomic E-state index is 13.1. The summed E-state index contributed by atoms with van der Waals surface area (Å²) in [6.45, 7) is 7.20. The zero-order valence-corrected chi connectivity index (χ0v) is 19.2. The molecular weight excluding hydrogens is 448 g/mol. The lowest BCUT2D eigenvalue weighted by Gasteiger charge is -2.16. The highest BCUT2D eigenvalue weighted by Crippen LogP contribution is 2.27. The average Bonchev–Trinajstić information content (AvgIpc) is 3.39. The summed E-state index contributed by atoms with van der Waals surface area (Å²) in [4.78, 5) is 19.1. The van der Waals surface area contributed by atoms with E-state index >= 15 is 0 Å². The normalized spacial score (nSPS) is 11.4. The van der Waals surface area contributed by atoms with Gasteiger partial charge in [-0.3, -0.25) is 14.2 Å². The minimum Gasteiger partial charge on any atom is -0.336 e. The summed E-state index contributed by atoms with van der Waals surface area (Å²) in [6.07, 6.45) is 3.62. The van der Waals surface area contributed by atoms with E-state index in [9.17, 15) is 4.79 Å². The van der Waals surface area contributed by atoms with Gasteiger partial charge < -0.3 is 4.90 Å². The predicted molar refractivity (Wildman–Crippen MR) is 116 cm³/mol. The van der Waals surface area contributed by atoms with Gasteiger partial charge in [-0.05, 0) is 42.8 Å². The molecule has 0 fully saturated rings. The van der Waals surface area contributed by atoms with Crippen molar-refractivity contribution in [1.29, 1.82) is 0 Å². The second-order valence-corrected chi connectivity index (χ2v) is 8.10. The molecule has 0 atom stereocenters. The first kappa shape index (κ1) is 20.3. The third-order valence-electron chi connectivity index (χ3n) is 5.26. The van der Waals surface area contributed by atoms with Crippen molar-refractivity contribution in [2.75, 3.05) is 7.05 Å². The van der Waals surface area contributed by atoms with Gasteiger partial charge in [0.25, 0.3) is 5.91 Å². The van der Waals surface area contributed by atoms with Crippen molar-refractivity contribution < 1.29 is 4.79 Å². The Balaban J connectivity index is 1.68. The number of nitrogens with zero attached hydrogens (tertiary/aromatic N) is 8. The molecule has 9 nitrogen and oxygen atoms in total. The maximum Gasteiger partial charge on any atom is 0.274 e. The molecule has 0 bridgehead atoms. The Morgan fingerprint density at radius 1 is 1.23 bits per heavy atom. The Kier molecular flexibility index (Phi) is 5.19. The lowest BCUT2D eigenvalue weighted by atomic mass is 10.2. The van der Waals surface area contributed by atoms with Crippen LogP contribution < -0.4 is 0 Å². The van der Waals surface area contributed by atoms with Crippen LogP contribution in [-0.2, 0) is 20.1 Å². The summed E-state index contributed by atoms with van der Waals surface area (Å²) >= 11 is 3.56. The van der Waals surface area contributed by atoms with Gasteiger partial charge in [-0.25, -0.2) is 9.50 Å². The third-order valence-corrected chi connectivity index (χ3v) is 5.84. The number of hydrogen-bond donors (Lipinski definition) is 0. The summed E-state index contributed by atoms with van der Waals surface area (Å²) in [5.41, 5.74) is 5.46. The van der Waals surface area contributed by atoms with Gasteiger partial charge in [0.2, 0.25) is 0 Å². The van der Waals surface area contributed by atoms with Crippen LogP contribution in [0.3, 0.4) is 0 Å². The summed E-state index contributed by atoms with van der Waals surface area (Å²) in [7, 11) is 3.67. The van der Waals surface area contributed by atoms with Crippen LogP contribution in [0.1, 0.15) is 34.4 Å². The number of halogens is 1. The van der Waals surface area contributed by atoms with E-state index < -0.39 is 0 Å². The van der Waals surface area contributed by atoms with Crippen LogP contribution in [0, 0.1) is 13.8 Å². The highest BCUT2D eigenvalue weighted by molar-refractivity contribution is 9.10. The van der Waals surface area contributed by atoms with Gasteiger partial charge in [0.1, 0.15) is 5.69 Å². The first-order chi connectivity index (χ1) is 14.3. The van der Waals surface area contributed by atoms with Gasteiger partial charge >= 0.3 is 0 Å². The fourth-order valence-electron chi connectivity index (χ4n) is 3.46. The molecule has 30 heavy (non-hydrogen) atoms. The molecule has 0 saturated heterocycles. The molecule has 4 rings (SSSR count). The Labute approximate surface area is 182 Å². The smallest absolute Gasteiger partial charge is 0.274 e. The number of hydrogen-bond acceptors (Lipinski definition) is 5. The summed E-state index contributed by atoms with van der Waals surface area (Å²) in [6, 6.07) is 3.55. The summed E-state index contributed by atoms with van der Waals surface area (Å²) in [5.74, 6) is -0.174. The lowest BCUT2D eigenvalue weighted by Crippen LogP contribution is -2.27. The van der Waals surface area contributed by atoms with Crippen LogP contribution in [0.15, 0.2) is 29.0 Å². The van der Waals surface area contributed by atoms with Crippen molar-refractivity contribution in [2.24, 2.45) is 7.05 Å². The molecule has 4 aromatic heterocycles. The van der Waals surface area contributed by atoms with Crippen molar-refractivity contribution in [3.63, 3.8) is 0 Å². The van der Waals surface area contributed by atoms with Gasteiger partial charge in [-0.15, -0.1) is 0 Å². The topological polar surface area (TPSA) is 86.1 Å². The number of aromatic nitrogens is 7. The van der Waals surface area contributed by atoms with Crippen LogP contribution in [0.25, 0.3) is 17.0 Å². The molecule has 0 saturated carbocycles. The molecule has 0 aliphatic heterocycles. The number of aryl methyl sites for hydroxylation is 3. The van der Waals surface area contributed by atoms with Crippen molar-refractivity contribution in [3.05, 3.63) is 51.6 Å². The summed E-state index contributed by atoms with van der Waals surface area (Å²) in [5, 5.41) is 13.6. The van der Waals surface area contributed by atoms with Gasteiger partial charge in [0.05, 0.1) is 15.9 Å². The molecule has 0 radical (unpaired) electrons. The molecule has 1 amide bonds. The van der Waals surface area contributed by atoms with Crippen molar-refractivity contribution in [3.8, 4) is 11.4 Å². The molecule has 0 aromatic carbocycles. The standard InChI is InChI=1S/C20H23BrN8O/c1-6-28-11-15(21)19(25-28)17-7-8-22-18-9-16(24-29(17)18)20(30)26(4)10-14-12(2)23-27(5)13(14)3/h7-9,11H,6,10H2,1-5H3. The van der Waals surface area contributed by atoms with Crippen LogP contribution >= 0.6 is 15.9 Å². The van der Waals surface area contributed by atoms with Gasteiger partial charge in [0.15, 0.2) is 11.3 Å². The molecule has 10 heteroatoms. The lowest BCUT2D eigenvalue weighted by molar-refractivity contribution is 0.0778. The molecule has 0 unspecified atom stereocenters. The highest BCUT2D eigenvalue weighted by atomic mass is 79.9.